The summed E-state index contributed by atoms with van der Waals surface area (Å²) in [7, 11) is 0. The van der Waals surface area contributed by atoms with E-state index in [0.29, 0.717) is 11.1 Å². The fourth-order valence-electron chi connectivity index (χ4n) is 1.89. The molecule has 1 atom stereocenters. The van der Waals surface area contributed by atoms with E-state index in [1.165, 1.54) is 13.0 Å². The SMILES string of the molecule is CCOC(=O)C(C)(C#N)Cc1cccc([N+](=O)[O-])c1C. The molecule has 0 aliphatic carbocycles. The van der Waals surface area contributed by atoms with E-state index in [9.17, 15) is 20.2 Å². The summed E-state index contributed by atoms with van der Waals surface area (Å²) in [5.74, 6) is -0.617. The van der Waals surface area contributed by atoms with Crippen LogP contribution in [0.5, 0.6) is 0 Å². The number of carbonyl (C=O) groups excluding carboxylic acids is 1. The fraction of sp³-hybridized carbons (Fsp3) is 0.429. The predicted molar refractivity (Wildman–Crippen MR) is 71.9 cm³/mol. The third kappa shape index (κ3) is 3.12. The van der Waals surface area contributed by atoms with Crippen molar-refractivity contribution in [1.82, 2.24) is 0 Å². The van der Waals surface area contributed by atoms with Gasteiger partial charge < -0.3 is 4.74 Å². The smallest absolute Gasteiger partial charge is 0.326 e. The summed E-state index contributed by atoms with van der Waals surface area (Å²) in [5.41, 5.74) is -0.318. The molecule has 0 aromatic heterocycles. The number of carbonyl (C=O) groups is 1. The number of benzene rings is 1. The summed E-state index contributed by atoms with van der Waals surface area (Å²) in [6.45, 7) is 4.93. The standard InChI is InChI=1S/C14H16N2O4/c1-4-20-13(17)14(3,9-15)8-11-6-5-7-12(10(11)2)16(18)19/h5-7H,4,8H2,1-3H3. The molecule has 0 aliphatic heterocycles. The normalized spacial score (nSPS) is 13.1. The lowest BCUT2D eigenvalue weighted by molar-refractivity contribution is -0.385. The Kier molecular flexibility index (Phi) is 4.81. The number of nitrogens with zero attached hydrogens (tertiary/aromatic N) is 2. The van der Waals surface area contributed by atoms with Crippen molar-refractivity contribution in [2.45, 2.75) is 27.2 Å². The lowest BCUT2D eigenvalue weighted by Gasteiger charge is -2.20. The third-order valence-corrected chi connectivity index (χ3v) is 3.13. The highest BCUT2D eigenvalue weighted by Gasteiger charge is 2.36. The Morgan fingerprint density at radius 2 is 2.20 bits per heavy atom. The number of nitriles is 1. The van der Waals surface area contributed by atoms with Gasteiger partial charge in [-0.2, -0.15) is 5.26 Å². The highest BCUT2D eigenvalue weighted by Crippen LogP contribution is 2.29. The van der Waals surface area contributed by atoms with Gasteiger partial charge in [-0.3, -0.25) is 14.9 Å². The number of hydrogen-bond acceptors (Lipinski definition) is 5. The Hall–Kier alpha value is -2.42. The van der Waals surface area contributed by atoms with Gasteiger partial charge in [-0.25, -0.2) is 0 Å². The Morgan fingerprint density at radius 3 is 2.70 bits per heavy atom. The van der Waals surface area contributed by atoms with Crippen molar-refractivity contribution in [3.8, 4) is 6.07 Å². The van der Waals surface area contributed by atoms with Gasteiger partial charge in [0.15, 0.2) is 5.41 Å². The topological polar surface area (TPSA) is 93.2 Å². The molecule has 20 heavy (non-hydrogen) atoms. The largest absolute Gasteiger partial charge is 0.465 e. The maximum Gasteiger partial charge on any atom is 0.326 e. The molecule has 1 rings (SSSR count). The average molecular weight is 276 g/mol. The van der Waals surface area contributed by atoms with E-state index >= 15 is 0 Å². The van der Waals surface area contributed by atoms with E-state index < -0.39 is 16.3 Å². The summed E-state index contributed by atoms with van der Waals surface area (Å²) in [6, 6.07) is 6.56. The van der Waals surface area contributed by atoms with Gasteiger partial charge in [-0.05, 0) is 26.3 Å². The van der Waals surface area contributed by atoms with Gasteiger partial charge in [0, 0.05) is 18.1 Å². The molecule has 0 spiro atoms. The maximum absolute atomic E-state index is 11.9. The molecule has 0 saturated heterocycles. The molecule has 6 heteroatoms. The fourth-order valence-corrected chi connectivity index (χ4v) is 1.89. The van der Waals surface area contributed by atoms with Crippen LogP contribution in [0.4, 0.5) is 5.69 Å². The van der Waals surface area contributed by atoms with Crippen LogP contribution in [0.1, 0.15) is 25.0 Å². The van der Waals surface area contributed by atoms with Crippen LogP contribution in [0.3, 0.4) is 0 Å². The minimum absolute atomic E-state index is 0.0216. The van der Waals surface area contributed by atoms with Crippen molar-refractivity contribution in [3.05, 3.63) is 39.4 Å². The first-order chi connectivity index (χ1) is 9.35. The molecule has 106 valence electrons. The average Bonchev–Trinajstić information content (AvgIpc) is 2.40. The van der Waals surface area contributed by atoms with Gasteiger partial charge in [-0.15, -0.1) is 0 Å². The molecular formula is C14H16N2O4. The molecule has 0 heterocycles. The van der Waals surface area contributed by atoms with Gasteiger partial charge in [0.1, 0.15) is 0 Å². The van der Waals surface area contributed by atoms with Crippen LogP contribution >= 0.6 is 0 Å². The summed E-state index contributed by atoms with van der Waals surface area (Å²) in [5, 5.41) is 20.1. The molecule has 6 nitrogen and oxygen atoms in total. The van der Waals surface area contributed by atoms with Crippen LogP contribution in [0.15, 0.2) is 18.2 Å². The Morgan fingerprint density at radius 1 is 1.55 bits per heavy atom. The number of hydrogen-bond donors (Lipinski definition) is 0. The van der Waals surface area contributed by atoms with Gasteiger partial charge in [-0.1, -0.05) is 12.1 Å². The molecule has 0 bridgehead atoms. The summed E-state index contributed by atoms with van der Waals surface area (Å²) in [6.07, 6.45) is 0.0792. The second kappa shape index (κ2) is 6.15. The number of nitro groups is 1. The van der Waals surface area contributed by atoms with Crippen molar-refractivity contribution in [1.29, 1.82) is 5.26 Å². The maximum atomic E-state index is 11.9. The zero-order valence-electron chi connectivity index (χ0n) is 11.7. The highest BCUT2D eigenvalue weighted by molar-refractivity contribution is 5.80. The lowest BCUT2D eigenvalue weighted by atomic mass is 9.83. The van der Waals surface area contributed by atoms with Crippen molar-refractivity contribution in [3.63, 3.8) is 0 Å². The van der Waals surface area contributed by atoms with Crippen LogP contribution in [-0.4, -0.2) is 17.5 Å². The minimum atomic E-state index is -1.35. The van der Waals surface area contributed by atoms with Crippen LogP contribution < -0.4 is 0 Å². The van der Waals surface area contributed by atoms with E-state index in [1.807, 2.05) is 6.07 Å². The van der Waals surface area contributed by atoms with E-state index in [-0.39, 0.29) is 18.7 Å². The second-order valence-corrected chi connectivity index (χ2v) is 4.66. The Labute approximate surface area is 117 Å². The van der Waals surface area contributed by atoms with E-state index in [0.717, 1.165) is 0 Å². The van der Waals surface area contributed by atoms with Gasteiger partial charge >= 0.3 is 5.97 Å². The Bertz CT molecular complexity index is 577. The first-order valence-electron chi connectivity index (χ1n) is 6.17. The number of ether oxygens (including phenoxy) is 1. The summed E-state index contributed by atoms with van der Waals surface area (Å²) in [4.78, 5) is 22.3. The van der Waals surface area contributed by atoms with Crippen molar-refractivity contribution >= 4 is 11.7 Å². The molecule has 1 aromatic rings. The summed E-state index contributed by atoms with van der Waals surface area (Å²) < 4.78 is 4.89. The molecule has 0 aliphatic rings. The minimum Gasteiger partial charge on any atom is -0.465 e. The zero-order chi connectivity index (χ0) is 15.3. The molecule has 1 aromatic carbocycles. The highest BCUT2D eigenvalue weighted by atomic mass is 16.6. The van der Waals surface area contributed by atoms with E-state index in [1.54, 1.807) is 26.0 Å². The number of nitro benzene ring substituents is 1. The third-order valence-electron chi connectivity index (χ3n) is 3.13. The number of esters is 1. The molecule has 0 amide bonds. The van der Waals surface area contributed by atoms with E-state index in [4.69, 9.17) is 4.74 Å². The second-order valence-electron chi connectivity index (χ2n) is 4.66. The van der Waals surface area contributed by atoms with Gasteiger partial charge in [0.25, 0.3) is 5.69 Å². The van der Waals surface area contributed by atoms with Crippen LogP contribution in [0, 0.1) is 33.8 Å². The quantitative estimate of drug-likeness (QED) is 0.468. The zero-order valence-corrected chi connectivity index (χ0v) is 11.7. The van der Waals surface area contributed by atoms with Crippen molar-refractivity contribution < 1.29 is 14.5 Å². The van der Waals surface area contributed by atoms with Gasteiger partial charge in [0.2, 0.25) is 0 Å². The number of rotatable bonds is 5. The monoisotopic (exact) mass is 276 g/mol. The molecule has 0 N–H and O–H groups in total. The molecular weight excluding hydrogens is 260 g/mol. The van der Waals surface area contributed by atoms with Crippen LogP contribution in [-0.2, 0) is 16.0 Å². The van der Waals surface area contributed by atoms with Crippen LogP contribution in [0.25, 0.3) is 0 Å². The van der Waals surface area contributed by atoms with Crippen molar-refractivity contribution in [2.24, 2.45) is 5.41 Å². The first kappa shape index (κ1) is 15.6. The van der Waals surface area contributed by atoms with E-state index in [2.05, 4.69) is 0 Å². The van der Waals surface area contributed by atoms with Crippen molar-refractivity contribution in [2.75, 3.05) is 6.61 Å². The Balaban J connectivity index is 3.15. The van der Waals surface area contributed by atoms with Crippen LogP contribution in [0.2, 0.25) is 0 Å². The summed E-state index contributed by atoms with van der Waals surface area (Å²) >= 11 is 0. The predicted octanol–water partition coefficient (Wildman–Crippen LogP) is 2.54. The molecule has 0 saturated carbocycles. The van der Waals surface area contributed by atoms with Gasteiger partial charge in [0.05, 0.1) is 17.6 Å². The molecule has 0 fully saturated rings. The molecule has 1 unspecified atom stereocenters. The lowest BCUT2D eigenvalue weighted by Crippen LogP contribution is -2.31. The first-order valence-corrected chi connectivity index (χ1v) is 6.17. The molecule has 0 radical (unpaired) electrons.